The highest BCUT2D eigenvalue weighted by Crippen LogP contribution is 2.46. The fourth-order valence-electron chi connectivity index (χ4n) is 3.34. The van der Waals surface area contributed by atoms with Gasteiger partial charge in [0.15, 0.2) is 5.78 Å². The van der Waals surface area contributed by atoms with Gasteiger partial charge < -0.3 is 0 Å². The van der Waals surface area contributed by atoms with Gasteiger partial charge in [-0.2, -0.15) is 0 Å². The summed E-state index contributed by atoms with van der Waals surface area (Å²) in [4.78, 5) is 14.6. The van der Waals surface area contributed by atoms with Crippen LogP contribution < -0.4 is 0 Å². The molecule has 2 nitrogen and oxygen atoms in total. The maximum Gasteiger partial charge on any atom is 0.177 e. The Morgan fingerprint density at radius 2 is 1.60 bits per heavy atom. The van der Waals surface area contributed by atoms with E-state index in [-0.39, 0.29) is 17.9 Å². The van der Waals surface area contributed by atoms with Crippen LogP contribution in [0.4, 0.5) is 0 Å². The Bertz CT molecular complexity index is 690. The summed E-state index contributed by atoms with van der Waals surface area (Å²) in [5.74, 6) is 0.196. The van der Waals surface area contributed by atoms with Gasteiger partial charge in [-0.05, 0) is 22.8 Å². The van der Waals surface area contributed by atoms with E-state index in [0.29, 0.717) is 0 Å². The van der Waals surface area contributed by atoms with Crippen LogP contribution in [-0.2, 0) is 11.3 Å². The van der Waals surface area contributed by atoms with Crippen molar-refractivity contribution in [2.24, 2.45) is 0 Å². The molecular weight excluding hydrogens is 246 g/mol. The van der Waals surface area contributed by atoms with Gasteiger partial charge in [-0.1, -0.05) is 60.7 Å². The van der Waals surface area contributed by atoms with Gasteiger partial charge in [0.25, 0.3) is 0 Å². The van der Waals surface area contributed by atoms with Crippen LogP contribution in [-0.4, -0.2) is 10.7 Å². The maximum atomic E-state index is 12.3. The van der Waals surface area contributed by atoms with Crippen molar-refractivity contribution in [2.75, 3.05) is 0 Å². The summed E-state index contributed by atoms with van der Waals surface area (Å²) in [6.45, 7) is 0.806. The van der Waals surface area contributed by atoms with Crippen molar-refractivity contribution in [3.05, 3.63) is 83.4 Å². The Kier molecular flexibility index (Phi) is 2.57. The molecule has 0 aliphatic carbocycles. The highest BCUT2D eigenvalue weighted by molar-refractivity contribution is 5.97. The summed E-state index contributed by atoms with van der Waals surface area (Å²) >= 11 is 0. The number of ketones is 1. The van der Waals surface area contributed by atoms with Crippen LogP contribution in [0.25, 0.3) is 0 Å². The SMILES string of the molecule is O=C1C=C[C@H]2c3ccccc3[C@@H]1N2Cc1ccccc1. The topological polar surface area (TPSA) is 20.3 Å². The Morgan fingerprint density at radius 3 is 2.40 bits per heavy atom. The second-order valence-electron chi connectivity index (χ2n) is 5.40. The minimum atomic E-state index is -0.110. The van der Waals surface area contributed by atoms with E-state index >= 15 is 0 Å². The summed E-state index contributed by atoms with van der Waals surface area (Å²) in [5, 5.41) is 0. The second kappa shape index (κ2) is 4.43. The molecule has 2 bridgehead atoms. The minimum absolute atomic E-state index is 0.110. The fraction of sp³-hybridized carbons (Fsp3) is 0.167. The van der Waals surface area contributed by atoms with Crippen molar-refractivity contribution in [3.63, 3.8) is 0 Å². The van der Waals surface area contributed by atoms with E-state index < -0.39 is 0 Å². The van der Waals surface area contributed by atoms with Gasteiger partial charge in [0.1, 0.15) is 0 Å². The average Bonchev–Trinajstić information content (AvgIpc) is 2.70. The molecular formula is C18H15NO. The Labute approximate surface area is 118 Å². The third kappa shape index (κ3) is 1.65. The lowest BCUT2D eigenvalue weighted by Gasteiger charge is -2.30. The van der Waals surface area contributed by atoms with Gasteiger partial charge in [-0.25, -0.2) is 0 Å². The van der Waals surface area contributed by atoms with Crippen LogP contribution in [0.3, 0.4) is 0 Å². The molecule has 0 N–H and O–H groups in total. The number of hydrogen-bond acceptors (Lipinski definition) is 2. The van der Waals surface area contributed by atoms with E-state index in [0.717, 1.165) is 6.54 Å². The van der Waals surface area contributed by atoms with Gasteiger partial charge >= 0.3 is 0 Å². The van der Waals surface area contributed by atoms with Gasteiger partial charge in [0, 0.05) is 6.54 Å². The molecule has 0 saturated carbocycles. The summed E-state index contributed by atoms with van der Waals surface area (Å²) in [6.07, 6.45) is 3.78. The zero-order valence-corrected chi connectivity index (χ0v) is 11.1. The van der Waals surface area contributed by atoms with Gasteiger partial charge in [-0.15, -0.1) is 0 Å². The molecule has 2 heteroatoms. The summed E-state index contributed by atoms with van der Waals surface area (Å²) in [6, 6.07) is 18.8. The van der Waals surface area contributed by atoms with Gasteiger partial charge in [0.2, 0.25) is 0 Å². The van der Waals surface area contributed by atoms with Crippen LogP contribution in [0.5, 0.6) is 0 Å². The smallest absolute Gasteiger partial charge is 0.177 e. The van der Waals surface area contributed by atoms with Crippen molar-refractivity contribution >= 4 is 5.78 Å². The van der Waals surface area contributed by atoms with Crippen LogP contribution in [0, 0.1) is 0 Å². The van der Waals surface area contributed by atoms with Crippen molar-refractivity contribution in [2.45, 2.75) is 18.6 Å². The molecule has 2 aliphatic rings. The van der Waals surface area contributed by atoms with E-state index in [1.54, 1.807) is 6.08 Å². The lowest BCUT2D eigenvalue weighted by molar-refractivity contribution is -0.120. The molecule has 20 heavy (non-hydrogen) atoms. The van der Waals surface area contributed by atoms with Crippen molar-refractivity contribution in [3.8, 4) is 0 Å². The first-order valence-corrected chi connectivity index (χ1v) is 6.95. The fourth-order valence-corrected chi connectivity index (χ4v) is 3.34. The van der Waals surface area contributed by atoms with E-state index in [1.807, 2.05) is 30.3 Å². The van der Waals surface area contributed by atoms with Crippen molar-refractivity contribution in [1.29, 1.82) is 0 Å². The number of fused-ring (bicyclic) bond motifs is 5. The molecule has 0 unspecified atom stereocenters. The highest BCUT2D eigenvalue weighted by Gasteiger charge is 2.42. The predicted molar refractivity (Wildman–Crippen MR) is 78.1 cm³/mol. The van der Waals surface area contributed by atoms with E-state index in [4.69, 9.17) is 0 Å². The summed E-state index contributed by atoms with van der Waals surface area (Å²) in [5.41, 5.74) is 3.69. The Morgan fingerprint density at radius 1 is 0.900 bits per heavy atom. The molecule has 0 saturated heterocycles. The molecule has 0 fully saturated rings. The molecule has 0 amide bonds. The molecule has 98 valence electrons. The number of rotatable bonds is 2. The Hall–Kier alpha value is -2.19. The van der Waals surface area contributed by atoms with Gasteiger partial charge in [0.05, 0.1) is 12.1 Å². The zero-order valence-electron chi connectivity index (χ0n) is 11.1. The standard InChI is InChI=1S/C18H15NO/c20-17-11-10-16-14-8-4-5-9-15(14)18(17)19(16)12-13-6-2-1-3-7-13/h1-11,16,18H,12H2/t16-,18-/m0/s1. The Balaban J connectivity index is 1.76. The molecule has 2 aliphatic heterocycles. The summed E-state index contributed by atoms with van der Waals surface area (Å²) in [7, 11) is 0. The zero-order chi connectivity index (χ0) is 13.5. The molecule has 4 rings (SSSR count). The second-order valence-corrected chi connectivity index (χ2v) is 5.40. The predicted octanol–water partition coefficient (Wildman–Crippen LogP) is 3.42. The first-order chi connectivity index (χ1) is 9.84. The molecule has 0 aromatic heterocycles. The lowest BCUT2D eigenvalue weighted by atomic mass is 10.0. The van der Waals surface area contributed by atoms with Crippen LogP contribution in [0.1, 0.15) is 28.8 Å². The molecule has 0 radical (unpaired) electrons. The number of hydrogen-bond donors (Lipinski definition) is 0. The monoisotopic (exact) mass is 261 g/mol. The normalized spacial score (nSPS) is 23.9. The summed E-state index contributed by atoms with van der Waals surface area (Å²) < 4.78 is 0. The van der Waals surface area contributed by atoms with Crippen molar-refractivity contribution in [1.82, 2.24) is 4.90 Å². The van der Waals surface area contributed by atoms with Crippen LogP contribution >= 0.6 is 0 Å². The molecule has 2 aromatic carbocycles. The quantitative estimate of drug-likeness (QED) is 0.825. The molecule has 0 spiro atoms. The third-order valence-corrected chi connectivity index (χ3v) is 4.22. The molecule has 2 atom stereocenters. The van der Waals surface area contributed by atoms with E-state index in [1.165, 1.54) is 16.7 Å². The van der Waals surface area contributed by atoms with Crippen molar-refractivity contribution < 1.29 is 4.79 Å². The number of carbonyl (C=O) groups excluding carboxylic acids is 1. The third-order valence-electron chi connectivity index (χ3n) is 4.22. The van der Waals surface area contributed by atoms with Crippen LogP contribution in [0.15, 0.2) is 66.7 Å². The van der Waals surface area contributed by atoms with E-state index in [9.17, 15) is 4.79 Å². The largest absolute Gasteiger partial charge is 0.293 e. The first-order valence-electron chi connectivity index (χ1n) is 6.95. The van der Waals surface area contributed by atoms with Crippen LogP contribution in [0.2, 0.25) is 0 Å². The molecule has 2 aromatic rings. The number of carbonyl (C=O) groups is 1. The average molecular weight is 261 g/mol. The highest BCUT2D eigenvalue weighted by atomic mass is 16.1. The molecule has 2 heterocycles. The van der Waals surface area contributed by atoms with Gasteiger partial charge in [-0.3, -0.25) is 9.69 Å². The first kappa shape index (κ1) is 11.6. The minimum Gasteiger partial charge on any atom is -0.293 e. The number of benzene rings is 2. The number of nitrogens with zero attached hydrogens (tertiary/aromatic N) is 1. The maximum absolute atomic E-state index is 12.3. The van der Waals surface area contributed by atoms with E-state index in [2.05, 4.69) is 35.2 Å². The lowest BCUT2D eigenvalue weighted by Crippen LogP contribution is -2.32.